The summed E-state index contributed by atoms with van der Waals surface area (Å²) in [6, 6.07) is 6.33. The number of rotatable bonds is 6. The fraction of sp³-hybridized carbons (Fsp3) is 0.636. The van der Waals surface area contributed by atoms with Crippen molar-refractivity contribution in [2.75, 3.05) is 46.4 Å². The summed E-state index contributed by atoms with van der Waals surface area (Å²) in [5.41, 5.74) is 2.39. The molecule has 1 aromatic rings. The first-order chi connectivity index (χ1) is 13.6. The Morgan fingerprint density at radius 3 is 2.71 bits per heavy atom. The van der Waals surface area contributed by atoms with Gasteiger partial charge in [-0.05, 0) is 37.8 Å². The largest absolute Gasteiger partial charge is 0.496 e. The topological polar surface area (TPSA) is 53.1 Å². The molecule has 2 saturated heterocycles. The number of hydrogen-bond donors (Lipinski definition) is 0. The highest BCUT2D eigenvalue weighted by Gasteiger charge is 2.22. The summed E-state index contributed by atoms with van der Waals surface area (Å²) in [6.07, 6.45) is 4.09. The Morgan fingerprint density at radius 2 is 1.93 bits per heavy atom. The molecule has 0 saturated carbocycles. The van der Waals surface area contributed by atoms with Crippen LogP contribution >= 0.6 is 0 Å². The fourth-order valence-electron chi connectivity index (χ4n) is 4.09. The number of aryl methyl sites for hydroxylation is 1. The number of carbonyl (C=O) groups is 2. The van der Waals surface area contributed by atoms with Gasteiger partial charge in [-0.25, -0.2) is 0 Å². The molecule has 0 atom stereocenters. The second-order valence-corrected chi connectivity index (χ2v) is 7.91. The van der Waals surface area contributed by atoms with Crippen LogP contribution in [0.3, 0.4) is 0 Å². The monoisotopic (exact) mass is 387 g/mol. The maximum atomic E-state index is 12.7. The van der Waals surface area contributed by atoms with Gasteiger partial charge in [0, 0.05) is 64.2 Å². The highest BCUT2D eigenvalue weighted by atomic mass is 16.5. The van der Waals surface area contributed by atoms with E-state index >= 15 is 0 Å². The maximum absolute atomic E-state index is 12.7. The quantitative estimate of drug-likeness (QED) is 0.752. The minimum Gasteiger partial charge on any atom is -0.496 e. The van der Waals surface area contributed by atoms with E-state index in [1.807, 2.05) is 9.80 Å². The predicted octanol–water partition coefficient (Wildman–Crippen LogP) is 2.44. The molecule has 6 nitrogen and oxygen atoms in total. The van der Waals surface area contributed by atoms with Crippen LogP contribution in [-0.4, -0.2) is 72.9 Å². The molecular formula is C22H33N3O3. The molecule has 0 bridgehead atoms. The van der Waals surface area contributed by atoms with E-state index in [2.05, 4.69) is 30.0 Å². The summed E-state index contributed by atoms with van der Waals surface area (Å²) in [6.45, 7) is 7.68. The van der Waals surface area contributed by atoms with Crippen molar-refractivity contribution in [3.63, 3.8) is 0 Å². The van der Waals surface area contributed by atoms with Crippen LogP contribution in [0.25, 0.3) is 0 Å². The van der Waals surface area contributed by atoms with Crippen LogP contribution in [0.1, 0.15) is 43.2 Å². The van der Waals surface area contributed by atoms with E-state index in [9.17, 15) is 9.59 Å². The predicted molar refractivity (Wildman–Crippen MR) is 109 cm³/mol. The zero-order valence-electron chi connectivity index (χ0n) is 17.3. The lowest BCUT2D eigenvalue weighted by Crippen LogP contribution is -2.40. The molecule has 0 unspecified atom stereocenters. The number of ether oxygens (including phenoxy) is 1. The first-order valence-corrected chi connectivity index (χ1v) is 10.5. The number of methoxy groups -OCH3 is 1. The smallest absolute Gasteiger partial charge is 0.224 e. The molecule has 0 aliphatic carbocycles. The molecule has 28 heavy (non-hydrogen) atoms. The molecule has 6 heteroatoms. The average molecular weight is 388 g/mol. The van der Waals surface area contributed by atoms with E-state index in [0.29, 0.717) is 19.4 Å². The van der Waals surface area contributed by atoms with E-state index in [1.54, 1.807) is 7.11 Å². The number of amides is 2. The van der Waals surface area contributed by atoms with Crippen LogP contribution in [0.4, 0.5) is 0 Å². The van der Waals surface area contributed by atoms with Crippen molar-refractivity contribution >= 4 is 11.8 Å². The molecule has 0 N–H and O–H groups in total. The standard InChI is InChI=1S/C22H33N3O3/c1-18-7-8-19(20(16-18)28-2)17-23-10-5-12-25(15-14-23)22(27)9-13-24-11-4-3-6-21(24)26/h7-8,16H,3-6,9-15,17H2,1-2H3. The Hall–Kier alpha value is -2.08. The van der Waals surface area contributed by atoms with Crippen molar-refractivity contribution in [3.05, 3.63) is 29.3 Å². The third kappa shape index (κ3) is 5.47. The van der Waals surface area contributed by atoms with Gasteiger partial charge in [0.1, 0.15) is 5.75 Å². The number of carbonyl (C=O) groups excluding carboxylic acids is 2. The van der Waals surface area contributed by atoms with Crippen LogP contribution in [0.2, 0.25) is 0 Å². The van der Waals surface area contributed by atoms with Crippen LogP contribution in [0.15, 0.2) is 18.2 Å². The molecule has 0 spiro atoms. The fourth-order valence-corrected chi connectivity index (χ4v) is 4.09. The molecule has 1 aromatic carbocycles. The summed E-state index contributed by atoms with van der Waals surface area (Å²) in [5.74, 6) is 1.31. The van der Waals surface area contributed by atoms with Crippen LogP contribution < -0.4 is 4.74 Å². The lowest BCUT2D eigenvalue weighted by Gasteiger charge is -2.28. The summed E-state index contributed by atoms with van der Waals surface area (Å²) in [7, 11) is 1.72. The van der Waals surface area contributed by atoms with Crippen molar-refractivity contribution in [2.45, 2.75) is 45.6 Å². The molecule has 3 rings (SSSR count). The number of likely N-dealkylation sites (tertiary alicyclic amines) is 1. The number of benzene rings is 1. The Kier molecular flexibility index (Phi) is 7.31. The highest BCUT2D eigenvalue weighted by Crippen LogP contribution is 2.22. The number of piperidine rings is 1. The van der Waals surface area contributed by atoms with Gasteiger partial charge in [0.2, 0.25) is 11.8 Å². The molecule has 0 aromatic heterocycles. The Bertz CT molecular complexity index is 692. The van der Waals surface area contributed by atoms with E-state index in [4.69, 9.17) is 4.74 Å². The summed E-state index contributed by atoms with van der Waals surface area (Å²) >= 11 is 0. The molecule has 0 radical (unpaired) electrons. The lowest BCUT2D eigenvalue weighted by molar-refractivity contribution is -0.135. The Labute approximate surface area is 168 Å². The highest BCUT2D eigenvalue weighted by molar-refractivity contribution is 5.79. The van der Waals surface area contributed by atoms with Crippen LogP contribution in [-0.2, 0) is 16.1 Å². The summed E-state index contributed by atoms with van der Waals surface area (Å²) < 4.78 is 5.53. The molecule has 2 amide bonds. The summed E-state index contributed by atoms with van der Waals surface area (Å²) in [4.78, 5) is 30.8. The third-order valence-corrected chi connectivity index (χ3v) is 5.79. The van der Waals surface area contributed by atoms with Gasteiger partial charge < -0.3 is 14.5 Å². The van der Waals surface area contributed by atoms with Gasteiger partial charge in [0.15, 0.2) is 0 Å². The van der Waals surface area contributed by atoms with Gasteiger partial charge in [0.05, 0.1) is 7.11 Å². The molecule has 154 valence electrons. The second-order valence-electron chi connectivity index (χ2n) is 7.91. The van der Waals surface area contributed by atoms with E-state index < -0.39 is 0 Å². The van der Waals surface area contributed by atoms with Gasteiger partial charge in [-0.2, -0.15) is 0 Å². The molecule has 2 heterocycles. The van der Waals surface area contributed by atoms with Crippen molar-refractivity contribution in [2.24, 2.45) is 0 Å². The van der Waals surface area contributed by atoms with Gasteiger partial charge in [-0.1, -0.05) is 12.1 Å². The van der Waals surface area contributed by atoms with Crippen molar-refractivity contribution in [1.29, 1.82) is 0 Å². The van der Waals surface area contributed by atoms with E-state index in [0.717, 1.165) is 64.3 Å². The van der Waals surface area contributed by atoms with Gasteiger partial charge in [-0.3, -0.25) is 14.5 Å². The maximum Gasteiger partial charge on any atom is 0.224 e. The molecule has 2 fully saturated rings. The molecule has 2 aliphatic heterocycles. The Balaban J connectivity index is 1.49. The minimum absolute atomic E-state index is 0.174. The molecule has 2 aliphatic rings. The third-order valence-electron chi connectivity index (χ3n) is 5.79. The van der Waals surface area contributed by atoms with Gasteiger partial charge >= 0.3 is 0 Å². The molecular weight excluding hydrogens is 354 g/mol. The number of hydrogen-bond acceptors (Lipinski definition) is 4. The zero-order valence-corrected chi connectivity index (χ0v) is 17.3. The van der Waals surface area contributed by atoms with Gasteiger partial charge in [-0.15, -0.1) is 0 Å². The van der Waals surface area contributed by atoms with Gasteiger partial charge in [0.25, 0.3) is 0 Å². The second kappa shape index (κ2) is 9.92. The van der Waals surface area contributed by atoms with Crippen molar-refractivity contribution in [3.8, 4) is 5.75 Å². The summed E-state index contributed by atoms with van der Waals surface area (Å²) in [5, 5.41) is 0. The zero-order chi connectivity index (χ0) is 19.9. The van der Waals surface area contributed by atoms with Crippen LogP contribution in [0, 0.1) is 6.92 Å². The van der Waals surface area contributed by atoms with Crippen LogP contribution in [0.5, 0.6) is 5.75 Å². The van der Waals surface area contributed by atoms with Crippen molar-refractivity contribution in [1.82, 2.24) is 14.7 Å². The average Bonchev–Trinajstić information content (AvgIpc) is 2.94. The minimum atomic E-state index is 0.174. The van der Waals surface area contributed by atoms with E-state index in [-0.39, 0.29) is 11.8 Å². The first-order valence-electron chi connectivity index (χ1n) is 10.5. The number of nitrogens with zero attached hydrogens (tertiary/aromatic N) is 3. The first kappa shape index (κ1) is 20.6. The van der Waals surface area contributed by atoms with E-state index in [1.165, 1.54) is 11.1 Å². The SMILES string of the molecule is COc1cc(C)ccc1CN1CCCN(C(=O)CCN2CCCCC2=O)CC1. The Morgan fingerprint density at radius 1 is 1.07 bits per heavy atom. The lowest BCUT2D eigenvalue weighted by atomic mass is 10.1. The normalized spacial score (nSPS) is 18.9. The van der Waals surface area contributed by atoms with Crippen molar-refractivity contribution < 1.29 is 14.3 Å².